The largest absolute Gasteiger partial charge is 0.488 e. The molecular formula is C26H19BrCl2N2O4. The van der Waals surface area contributed by atoms with Gasteiger partial charge in [0, 0.05) is 0 Å². The van der Waals surface area contributed by atoms with Crippen molar-refractivity contribution in [3.8, 4) is 5.75 Å². The van der Waals surface area contributed by atoms with Gasteiger partial charge >= 0.3 is 6.03 Å². The van der Waals surface area contributed by atoms with Crippen molar-refractivity contribution in [2.24, 2.45) is 0 Å². The van der Waals surface area contributed by atoms with E-state index in [1.807, 2.05) is 26.0 Å². The van der Waals surface area contributed by atoms with Crippen LogP contribution in [0.25, 0.3) is 6.08 Å². The molecule has 1 saturated heterocycles. The topological polar surface area (TPSA) is 75.7 Å². The number of carbonyl (C=O) groups excluding carboxylic acids is 3. The SMILES string of the molecule is Cc1cccc(N2C(=O)NC(=O)/C(=C\c3ccc(OCc4ccc(Cl)c(Cl)c4)c(Br)c3)C2=O)c1C. The van der Waals surface area contributed by atoms with Crippen molar-refractivity contribution in [1.29, 1.82) is 0 Å². The number of nitrogens with zero attached hydrogens (tertiary/aromatic N) is 1. The minimum Gasteiger partial charge on any atom is -0.488 e. The Morgan fingerprint density at radius 2 is 1.77 bits per heavy atom. The molecule has 4 amide bonds. The summed E-state index contributed by atoms with van der Waals surface area (Å²) in [5, 5.41) is 3.16. The number of carbonyl (C=O) groups is 3. The lowest BCUT2D eigenvalue weighted by atomic mass is 10.0. The van der Waals surface area contributed by atoms with E-state index >= 15 is 0 Å². The number of aryl methyl sites for hydroxylation is 1. The van der Waals surface area contributed by atoms with Crippen molar-refractivity contribution < 1.29 is 19.1 Å². The second-order valence-electron chi connectivity index (χ2n) is 7.90. The number of hydrogen-bond acceptors (Lipinski definition) is 4. The monoisotopic (exact) mass is 572 g/mol. The van der Waals surface area contributed by atoms with E-state index in [9.17, 15) is 14.4 Å². The standard InChI is InChI=1S/C26H19BrCl2N2O4/c1-14-4-3-5-22(15(14)2)31-25(33)18(24(32)30-26(31)34)10-16-7-9-23(19(27)11-16)35-13-17-6-8-20(28)21(29)12-17/h3-12H,13H2,1-2H3,(H,30,32,34)/b18-10+. The molecule has 0 atom stereocenters. The summed E-state index contributed by atoms with van der Waals surface area (Å²) in [7, 11) is 0. The number of ether oxygens (including phenoxy) is 1. The third kappa shape index (κ3) is 5.27. The molecule has 3 aromatic carbocycles. The lowest BCUT2D eigenvalue weighted by Crippen LogP contribution is -2.54. The van der Waals surface area contributed by atoms with Gasteiger partial charge in [-0.1, -0.05) is 47.5 Å². The van der Waals surface area contributed by atoms with Gasteiger partial charge in [-0.05, 0) is 88.4 Å². The van der Waals surface area contributed by atoms with Crippen LogP contribution in [-0.2, 0) is 16.2 Å². The van der Waals surface area contributed by atoms with Crippen LogP contribution in [0.3, 0.4) is 0 Å². The molecule has 1 aliphatic rings. The summed E-state index contributed by atoms with van der Waals surface area (Å²) in [5.41, 5.74) is 3.40. The van der Waals surface area contributed by atoms with E-state index in [0.717, 1.165) is 21.6 Å². The Morgan fingerprint density at radius 3 is 2.49 bits per heavy atom. The predicted octanol–water partition coefficient (Wildman–Crippen LogP) is 6.62. The van der Waals surface area contributed by atoms with E-state index in [0.29, 0.717) is 31.5 Å². The molecule has 4 rings (SSSR count). The Hall–Kier alpha value is -3.13. The maximum absolute atomic E-state index is 13.2. The third-order valence-electron chi connectivity index (χ3n) is 5.56. The molecule has 6 nitrogen and oxygen atoms in total. The second kappa shape index (κ2) is 10.2. The van der Waals surface area contributed by atoms with Crippen LogP contribution in [0.2, 0.25) is 10.0 Å². The highest BCUT2D eigenvalue weighted by Gasteiger charge is 2.37. The van der Waals surface area contributed by atoms with E-state index in [4.69, 9.17) is 27.9 Å². The summed E-state index contributed by atoms with van der Waals surface area (Å²) in [6.07, 6.45) is 1.44. The van der Waals surface area contributed by atoms with Crippen LogP contribution < -0.4 is 15.0 Å². The molecule has 1 heterocycles. The van der Waals surface area contributed by atoms with Crippen molar-refractivity contribution >= 4 is 68.7 Å². The average molecular weight is 574 g/mol. The van der Waals surface area contributed by atoms with Crippen LogP contribution in [0.5, 0.6) is 5.75 Å². The first-order valence-corrected chi connectivity index (χ1v) is 12.0. The Morgan fingerprint density at radius 1 is 1.00 bits per heavy atom. The quantitative estimate of drug-likeness (QED) is 0.275. The fourth-order valence-corrected chi connectivity index (χ4v) is 4.37. The van der Waals surface area contributed by atoms with E-state index in [1.54, 1.807) is 42.5 Å². The Balaban J connectivity index is 1.58. The van der Waals surface area contributed by atoms with Gasteiger partial charge in [-0.3, -0.25) is 14.9 Å². The Labute approximate surface area is 220 Å². The first-order chi connectivity index (χ1) is 16.7. The van der Waals surface area contributed by atoms with Gasteiger partial charge in [0.25, 0.3) is 11.8 Å². The number of nitrogens with one attached hydrogen (secondary N) is 1. The molecule has 3 aromatic rings. The fraction of sp³-hybridized carbons (Fsp3) is 0.115. The number of urea groups is 1. The smallest absolute Gasteiger partial charge is 0.335 e. The van der Waals surface area contributed by atoms with Gasteiger partial charge in [0.1, 0.15) is 17.9 Å². The van der Waals surface area contributed by atoms with Crippen LogP contribution in [-0.4, -0.2) is 17.8 Å². The minimum atomic E-state index is -0.780. The van der Waals surface area contributed by atoms with E-state index in [2.05, 4.69) is 21.2 Å². The number of benzene rings is 3. The molecule has 9 heteroatoms. The summed E-state index contributed by atoms with van der Waals surface area (Å²) < 4.78 is 6.47. The molecule has 0 unspecified atom stereocenters. The van der Waals surface area contributed by atoms with Gasteiger partial charge in [0.15, 0.2) is 0 Å². The van der Waals surface area contributed by atoms with Crippen molar-refractivity contribution in [1.82, 2.24) is 5.32 Å². The van der Waals surface area contributed by atoms with Gasteiger partial charge in [-0.15, -0.1) is 0 Å². The summed E-state index contributed by atoms with van der Waals surface area (Å²) in [6.45, 7) is 3.97. The van der Waals surface area contributed by atoms with Gasteiger partial charge < -0.3 is 4.74 Å². The molecule has 0 aromatic heterocycles. The molecule has 0 saturated carbocycles. The van der Waals surface area contributed by atoms with Gasteiger partial charge in [-0.2, -0.15) is 0 Å². The molecule has 0 radical (unpaired) electrons. The maximum Gasteiger partial charge on any atom is 0.335 e. The molecule has 178 valence electrons. The summed E-state index contributed by atoms with van der Waals surface area (Å²) in [4.78, 5) is 39.2. The van der Waals surface area contributed by atoms with Crippen LogP contribution in [0.4, 0.5) is 10.5 Å². The Kier molecular flexibility index (Phi) is 7.31. The zero-order valence-electron chi connectivity index (χ0n) is 18.7. The number of hydrogen-bond donors (Lipinski definition) is 1. The summed E-state index contributed by atoms with van der Waals surface area (Å²) >= 11 is 15.5. The number of rotatable bonds is 5. The summed E-state index contributed by atoms with van der Waals surface area (Å²) in [6, 6.07) is 14.9. The molecule has 0 bridgehead atoms. The highest BCUT2D eigenvalue weighted by Crippen LogP contribution is 2.30. The molecular weight excluding hydrogens is 555 g/mol. The molecule has 0 aliphatic carbocycles. The highest BCUT2D eigenvalue weighted by molar-refractivity contribution is 9.10. The number of halogens is 3. The second-order valence-corrected chi connectivity index (χ2v) is 9.57. The molecule has 1 N–H and O–H groups in total. The van der Waals surface area contributed by atoms with E-state index < -0.39 is 17.8 Å². The highest BCUT2D eigenvalue weighted by atomic mass is 79.9. The minimum absolute atomic E-state index is 0.151. The van der Waals surface area contributed by atoms with E-state index in [-0.39, 0.29) is 12.2 Å². The first kappa shape index (κ1) is 25.0. The van der Waals surface area contributed by atoms with Gasteiger partial charge in [0.2, 0.25) is 0 Å². The lowest BCUT2D eigenvalue weighted by molar-refractivity contribution is -0.122. The third-order valence-corrected chi connectivity index (χ3v) is 6.92. The van der Waals surface area contributed by atoms with Crippen molar-refractivity contribution in [2.45, 2.75) is 20.5 Å². The molecule has 1 fully saturated rings. The zero-order chi connectivity index (χ0) is 25.3. The van der Waals surface area contributed by atoms with Gasteiger partial charge in [0.05, 0.1) is 20.2 Å². The first-order valence-electron chi connectivity index (χ1n) is 10.5. The fourth-order valence-electron chi connectivity index (χ4n) is 3.54. The van der Waals surface area contributed by atoms with E-state index in [1.165, 1.54) is 6.08 Å². The summed E-state index contributed by atoms with van der Waals surface area (Å²) in [5.74, 6) is -0.883. The maximum atomic E-state index is 13.2. The van der Waals surface area contributed by atoms with Crippen molar-refractivity contribution in [3.63, 3.8) is 0 Å². The normalized spacial score (nSPS) is 14.9. The molecule has 1 aliphatic heterocycles. The van der Waals surface area contributed by atoms with Crippen LogP contribution in [0.15, 0.2) is 64.6 Å². The number of anilines is 1. The molecule has 0 spiro atoms. The number of amides is 4. The number of imide groups is 2. The predicted molar refractivity (Wildman–Crippen MR) is 140 cm³/mol. The Bertz CT molecular complexity index is 1400. The van der Waals surface area contributed by atoms with Crippen molar-refractivity contribution in [3.05, 3.63) is 96.9 Å². The van der Waals surface area contributed by atoms with Crippen molar-refractivity contribution in [2.75, 3.05) is 4.90 Å². The number of barbiturate groups is 1. The molecule has 35 heavy (non-hydrogen) atoms. The lowest BCUT2D eigenvalue weighted by Gasteiger charge is -2.28. The van der Waals surface area contributed by atoms with Crippen LogP contribution in [0, 0.1) is 13.8 Å². The van der Waals surface area contributed by atoms with Crippen LogP contribution >= 0.6 is 39.1 Å². The van der Waals surface area contributed by atoms with Crippen LogP contribution in [0.1, 0.15) is 22.3 Å². The zero-order valence-corrected chi connectivity index (χ0v) is 21.8. The van der Waals surface area contributed by atoms with Gasteiger partial charge in [-0.25, -0.2) is 9.69 Å². The average Bonchev–Trinajstić information content (AvgIpc) is 2.81.